The summed E-state index contributed by atoms with van der Waals surface area (Å²) in [6, 6.07) is 11.5. The molecule has 0 atom stereocenters. The summed E-state index contributed by atoms with van der Waals surface area (Å²) in [5, 5.41) is 5.30. The van der Waals surface area contributed by atoms with Gasteiger partial charge in [0.15, 0.2) is 5.78 Å². The highest BCUT2D eigenvalue weighted by Gasteiger charge is 2.44. The Kier molecular flexibility index (Phi) is 7.76. The third-order valence-electron chi connectivity index (χ3n) is 7.12. The van der Waals surface area contributed by atoms with E-state index in [0.29, 0.717) is 22.3 Å². The summed E-state index contributed by atoms with van der Waals surface area (Å²) in [4.78, 5) is 32.1. The first-order valence-corrected chi connectivity index (χ1v) is 15.5. The maximum absolute atomic E-state index is 14.1. The van der Waals surface area contributed by atoms with Gasteiger partial charge in [-0.3, -0.25) is 9.59 Å². The van der Waals surface area contributed by atoms with E-state index in [1.54, 1.807) is 59.1 Å². The molecule has 41 heavy (non-hydrogen) atoms. The van der Waals surface area contributed by atoms with Crippen LogP contribution >= 0.6 is 11.3 Å². The molecule has 0 unspecified atom stereocenters. The van der Waals surface area contributed by atoms with E-state index >= 15 is 0 Å². The molecule has 2 aromatic heterocycles. The summed E-state index contributed by atoms with van der Waals surface area (Å²) in [6.07, 6.45) is 4.68. The Morgan fingerprint density at radius 2 is 1.90 bits per heavy atom. The second-order valence-corrected chi connectivity index (χ2v) is 13.3. The highest BCUT2D eigenvalue weighted by Crippen LogP contribution is 2.45. The molecule has 1 aliphatic rings. The van der Waals surface area contributed by atoms with Crippen LogP contribution in [0.2, 0.25) is 0 Å². The number of carbonyl (C=O) groups excluding carboxylic acids is 2. The normalized spacial score (nSPS) is 14.3. The van der Waals surface area contributed by atoms with Crippen LogP contribution in [0.25, 0.3) is 10.9 Å². The topological polar surface area (TPSA) is 111 Å². The van der Waals surface area contributed by atoms with E-state index in [2.05, 4.69) is 10.3 Å². The Morgan fingerprint density at radius 3 is 2.54 bits per heavy atom. The smallest absolute Gasteiger partial charge is 0.268 e. The number of ether oxygens (including phenoxy) is 1. The van der Waals surface area contributed by atoms with Gasteiger partial charge in [0, 0.05) is 48.6 Å². The Labute approximate surface area is 243 Å². The number of amides is 1. The Morgan fingerprint density at radius 1 is 1.17 bits per heavy atom. The van der Waals surface area contributed by atoms with Crippen molar-refractivity contribution in [1.29, 1.82) is 0 Å². The van der Waals surface area contributed by atoms with Gasteiger partial charge in [0.05, 0.1) is 39.4 Å². The quantitative estimate of drug-likeness (QED) is 0.195. The van der Waals surface area contributed by atoms with E-state index in [1.807, 2.05) is 33.3 Å². The number of ketones is 1. The number of hydrogen-bond acceptors (Lipinski definition) is 8. The van der Waals surface area contributed by atoms with Crippen LogP contribution in [0.3, 0.4) is 0 Å². The molecule has 1 aliphatic carbocycles. The summed E-state index contributed by atoms with van der Waals surface area (Å²) in [7, 11) is -0.452. The van der Waals surface area contributed by atoms with E-state index < -0.39 is 15.4 Å². The molecule has 214 valence electrons. The SMILES string of the molecule is Cc1ccc(S(=O)(=O)n2c(CNC(=O)C3(C)CC3)cc3cc(C(=O)C=CN(C)C)c(OCc4cscn4)cc32)cc1. The first-order valence-electron chi connectivity index (χ1n) is 13.2. The number of allylic oxidation sites excluding steroid dienone is 1. The number of nitrogens with zero attached hydrogens (tertiary/aromatic N) is 3. The molecule has 4 aromatic rings. The number of carbonyl (C=O) groups is 2. The molecule has 0 radical (unpaired) electrons. The molecule has 1 N–H and O–H groups in total. The fourth-order valence-corrected chi connectivity index (χ4v) is 6.45. The third kappa shape index (κ3) is 6.06. The molecule has 2 heterocycles. The number of hydrogen-bond donors (Lipinski definition) is 1. The van der Waals surface area contributed by atoms with Crippen molar-refractivity contribution in [3.8, 4) is 5.75 Å². The number of fused-ring (bicyclic) bond motifs is 1. The molecule has 1 fully saturated rings. The first-order chi connectivity index (χ1) is 19.5. The Hall–Kier alpha value is -3.96. The number of benzene rings is 2. The zero-order valence-electron chi connectivity index (χ0n) is 23.4. The maximum atomic E-state index is 14.1. The summed E-state index contributed by atoms with van der Waals surface area (Å²) in [5.41, 5.74) is 3.90. The minimum atomic E-state index is -4.07. The van der Waals surface area contributed by atoms with E-state index in [9.17, 15) is 18.0 Å². The molecular formula is C30H32N4O5S2. The number of thiazole rings is 1. The van der Waals surface area contributed by atoms with Crippen molar-refractivity contribution in [2.45, 2.75) is 44.7 Å². The van der Waals surface area contributed by atoms with Crippen LogP contribution < -0.4 is 10.1 Å². The van der Waals surface area contributed by atoms with Crippen molar-refractivity contribution in [3.63, 3.8) is 0 Å². The van der Waals surface area contributed by atoms with Crippen LogP contribution in [0.1, 0.15) is 47.1 Å². The van der Waals surface area contributed by atoms with Crippen LogP contribution in [-0.2, 0) is 28.0 Å². The van der Waals surface area contributed by atoms with E-state index in [-0.39, 0.29) is 41.1 Å². The van der Waals surface area contributed by atoms with Crippen molar-refractivity contribution < 1.29 is 22.7 Å². The lowest BCUT2D eigenvalue weighted by Crippen LogP contribution is -2.31. The fourth-order valence-electron chi connectivity index (χ4n) is 4.37. The largest absolute Gasteiger partial charge is 0.486 e. The van der Waals surface area contributed by atoms with Crippen molar-refractivity contribution in [1.82, 2.24) is 19.2 Å². The van der Waals surface area contributed by atoms with Gasteiger partial charge in [0.2, 0.25) is 5.91 Å². The molecule has 11 heteroatoms. The minimum absolute atomic E-state index is 0.00697. The van der Waals surface area contributed by atoms with Crippen LogP contribution in [0.5, 0.6) is 5.75 Å². The lowest BCUT2D eigenvalue weighted by Gasteiger charge is -2.15. The van der Waals surface area contributed by atoms with Gasteiger partial charge >= 0.3 is 0 Å². The first kappa shape index (κ1) is 28.6. The summed E-state index contributed by atoms with van der Waals surface area (Å²) in [6.45, 7) is 3.90. The lowest BCUT2D eigenvalue weighted by atomic mass is 10.1. The monoisotopic (exact) mass is 592 g/mol. The lowest BCUT2D eigenvalue weighted by molar-refractivity contribution is -0.125. The molecule has 9 nitrogen and oxygen atoms in total. The molecule has 0 bridgehead atoms. The molecule has 1 saturated carbocycles. The molecule has 0 spiro atoms. The second-order valence-electron chi connectivity index (χ2n) is 10.8. The standard InChI is InChI=1S/C30H32N4O5S2/c1-20-5-7-24(8-6-20)41(37,38)34-23(16-31-29(36)30(2)10-11-30)13-21-14-25(27(35)9-12-33(3)4)28(15-26(21)34)39-17-22-18-40-19-32-22/h5-9,12-15,18-19H,10-11,16-17H2,1-4H3,(H,31,36). The highest BCUT2D eigenvalue weighted by molar-refractivity contribution is 7.90. The number of aryl methyl sites for hydroxylation is 1. The third-order valence-corrected chi connectivity index (χ3v) is 9.53. The predicted octanol–water partition coefficient (Wildman–Crippen LogP) is 4.90. The zero-order chi connectivity index (χ0) is 29.4. The molecule has 0 aliphatic heterocycles. The van der Waals surface area contributed by atoms with Crippen LogP contribution in [-0.4, -0.2) is 48.1 Å². The zero-order valence-corrected chi connectivity index (χ0v) is 25.0. The molecular weight excluding hydrogens is 560 g/mol. The van der Waals surface area contributed by atoms with E-state index in [4.69, 9.17) is 4.74 Å². The second kappa shape index (κ2) is 11.1. The Bertz CT molecular complexity index is 1730. The van der Waals surface area contributed by atoms with Gasteiger partial charge in [0.1, 0.15) is 12.4 Å². The average molecular weight is 593 g/mol. The highest BCUT2D eigenvalue weighted by atomic mass is 32.2. The fraction of sp³-hybridized carbons (Fsp3) is 0.300. The van der Waals surface area contributed by atoms with Crippen molar-refractivity contribution >= 4 is 44.0 Å². The van der Waals surface area contributed by atoms with Crippen molar-refractivity contribution in [3.05, 3.63) is 88.1 Å². The predicted molar refractivity (Wildman–Crippen MR) is 158 cm³/mol. The van der Waals surface area contributed by atoms with Gasteiger partial charge in [-0.25, -0.2) is 17.4 Å². The summed E-state index contributed by atoms with van der Waals surface area (Å²) >= 11 is 1.43. The maximum Gasteiger partial charge on any atom is 0.268 e. The van der Waals surface area contributed by atoms with Gasteiger partial charge in [-0.1, -0.05) is 24.6 Å². The van der Waals surface area contributed by atoms with Gasteiger partial charge < -0.3 is 15.0 Å². The van der Waals surface area contributed by atoms with E-state index in [1.165, 1.54) is 21.4 Å². The van der Waals surface area contributed by atoms with Gasteiger partial charge in [-0.2, -0.15) is 0 Å². The van der Waals surface area contributed by atoms with E-state index in [0.717, 1.165) is 18.4 Å². The van der Waals surface area contributed by atoms with Gasteiger partial charge in [-0.15, -0.1) is 11.3 Å². The van der Waals surface area contributed by atoms with Crippen molar-refractivity contribution in [2.75, 3.05) is 14.1 Å². The number of nitrogens with one attached hydrogen (secondary N) is 1. The molecule has 2 aromatic carbocycles. The minimum Gasteiger partial charge on any atom is -0.486 e. The molecule has 0 saturated heterocycles. The van der Waals surface area contributed by atoms with Crippen LogP contribution in [0, 0.1) is 12.3 Å². The van der Waals surface area contributed by atoms with Crippen LogP contribution in [0.4, 0.5) is 0 Å². The number of rotatable bonds is 11. The number of aromatic nitrogens is 2. The van der Waals surface area contributed by atoms with Gasteiger partial charge in [0.25, 0.3) is 10.0 Å². The molecule has 5 rings (SSSR count). The van der Waals surface area contributed by atoms with Gasteiger partial charge in [-0.05, 0) is 44.0 Å². The average Bonchev–Trinajstić information content (AvgIpc) is 3.33. The van der Waals surface area contributed by atoms with Crippen LogP contribution in [0.15, 0.2) is 70.5 Å². The summed E-state index contributed by atoms with van der Waals surface area (Å²) < 4.78 is 35.4. The molecule has 1 amide bonds. The Balaban J connectivity index is 1.65. The summed E-state index contributed by atoms with van der Waals surface area (Å²) in [5.74, 6) is -0.169. The van der Waals surface area contributed by atoms with Crippen molar-refractivity contribution in [2.24, 2.45) is 5.41 Å².